The van der Waals surface area contributed by atoms with Crippen LogP contribution in [-0.2, 0) is 4.79 Å². The fourth-order valence-corrected chi connectivity index (χ4v) is 4.24. The molecular formula is C21H25N5O. The molecule has 0 spiro atoms. The monoisotopic (exact) mass is 363 g/mol. The van der Waals surface area contributed by atoms with E-state index in [9.17, 15) is 10.1 Å². The molecule has 140 valence electrons. The predicted octanol–water partition coefficient (Wildman–Crippen LogP) is 2.54. The van der Waals surface area contributed by atoms with Gasteiger partial charge in [-0.15, -0.1) is 0 Å². The van der Waals surface area contributed by atoms with Crippen molar-refractivity contribution in [3.63, 3.8) is 0 Å². The highest BCUT2D eigenvalue weighted by atomic mass is 16.2. The van der Waals surface area contributed by atoms with E-state index in [-0.39, 0.29) is 11.9 Å². The van der Waals surface area contributed by atoms with Gasteiger partial charge in [0.1, 0.15) is 6.04 Å². The minimum absolute atomic E-state index is 0.0877. The highest BCUT2D eigenvalue weighted by Gasteiger charge is 2.31. The lowest BCUT2D eigenvalue weighted by Crippen LogP contribution is -2.42. The summed E-state index contributed by atoms with van der Waals surface area (Å²) in [6.45, 7) is 4.94. The van der Waals surface area contributed by atoms with Crippen molar-refractivity contribution in [2.24, 2.45) is 0 Å². The number of pyridine rings is 1. The van der Waals surface area contributed by atoms with E-state index in [1.54, 1.807) is 4.90 Å². The minimum atomic E-state index is -0.236. The van der Waals surface area contributed by atoms with Gasteiger partial charge in [-0.1, -0.05) is 6.07 Å². The van der Waals surface area contributed by atoms with Crippen molar-refractivity contribution in [2.45, 2.75) is 38.3 Å². The van der Waals surface area contributed by atoms with Crippen LogP contribution in [0.15, 0.2) is 30.5 Å². The minimum Gasteiger partial charge on any atom is -0.380 e. The van der Waals surface area contributed by atoms with Gasteiger partial charge in [0.15, 0.2) is 0 Å². The molecule has 2 fully saturated rings. The van der Waals surface area contributed by atoms with Gasteiger partial charge in [0.2, 0.25) is 5.91 Å². The molecule has 0 radical (unpaired) electrons. The number of anilines is 1. The van der Waals surface area contributed by atoms with Gasteiger partial charge in [0.25, 0.3) is 0 Å². The molecule has 1 amide bonds. The van der Waals surface area contributed by atoms with E-state index in [2.05, 4.69) is 46.4 Å². The molecule has 0 bridgehead atoms. The first-order valence-electron chi connectivity index (χ1n) is 9.68. The molecule has 2 aliphatic heterocycles. The van der Waals surface area contributed by atoms with Crippen LogP contribution in [0.5, 0.6) is 0 Å². The van der Waals surface area contributed by atoms with Crippen LogP contribution in [-0.4, -0.2) is 59.0 Å². The van der Waals surface area contributed by atoms with E-state index in [1.165, 1.54) is 5.56 Å². The number of likely N-dealkylation sites (tertiary alicyclic amines) is 2. The lowest BCUT2D eigenvalue weighted by atomic mass is 10.1. The number of nitrogens with one attached hydrogen (secondary N) is 1. The number of carbonyl (C=O) groups is 1. The Bertz CT molecular complexity index is 890. The highest BCUT2D eigenvalue weighted by molar-refractivity contribution is 5.93. The van der Waals surface area contributed by atoms with E-state index in [0.29, 0.717) is 12.6 Å². The number of benzene rings is 1. The maximum atomic E-state index is 12.6. The van der Waals surface area contributed by atoms with Crippen molar-refractivity contribution in [2.75, 3.05) is 31.5 Å². The molecule has 6 heteroatoms. The predicted molar refractivity (Wildman–Crippen MR) is 105 cm³/mol. The fraction of sp³-hybridized carbons (Fsp3) is 0.476. The molecule has 27 heavy (non-hydrogen) atoms. The summed E-state index contributed by atoms with van der Waals surface area (Å²) >= 11 is 0. The lowest BCUT2D eigenvalue weighted by Gasteiger charge is -2.23. The van der Waals surface area contributed by atoms with Crippen LogP contribution in [0.25, 0.3) is 10.9 Å². The van der Waals surface area contributed by atoms with Gasteiger partial charge in [-0.2, -0.15) is 5.26 Å². The SMILES string of the molecule is Cc1ccc(N[C@H]2CCN(CC(=O)N3CCCC3C#N)C2)c2cccnc12. The quantitative estimate of drug-likeness (QED) is 0.904. The first-order chi connectivity index (χ1) is 13.2. The van der Waals surface area contributed by atoms with Crippen LogP contribution in [0.2, 0.25) is 0 Å². The largest absolute Gasteiger partial charge is 0.380 e. The third-order valence-electron chi connectivity index (χ3n) is 5.68. The summed E-state index contributed by atoms with van der Waals surface area (Å²) in [6.07, 6.45) is 4.57. The summed E-state index contributed by atoms with van der Waals surface area (Å²) in [6, 6.07) is 10.6. The molecule has 0 saturated carbocycles. The summed E-state index contributed by atoms with van der Waals surface area (Å²) < 4.78 is 0. The van der Waals surface area contributed by atoms with Crippen LogP contribution in [0.1, 0.15) is 24.8 Å². The first-order valence-corrected chi connectivity index (χ1v) is 9.68. The van der Waals surface area contributed by atoms with Gasteiger partial charge in [0, 0.05) is 42.9 Å². The average Bonchev–Trinajstić information content (AvgIpc) is 3.33. The molecule has 1 unspecified atom stereocenters. The molecule has 1 N–H and O–H groups in total. The highest BCUT2D eigenvalue weighted by Crippen LogP contribution is 2.26. The number of aryl methyl sites for hydroxylation is 1. The number of hydrogen-bond acceptors (Lipinski definition) is 5. The number of hydrogen-bond donors (Lipinski definition) is 1. The Balaban J connectivity index is 1.39. The number of nitrogens with zero attached hydrogens (tertiary/aromatic N) is 4. The van der Waals surface area contributed by atoms with Crippen molar-refractivity contribution in [1.29, 1.82) is 5.26 Å². The van der Waals surface area contributed by atoms with Crippen molar-refractivity contribution in [3.8, 4) is 6.07 Å². The van der Waals surface area contributed by atoms with Crippen molar-refractivity contribution in [3.05, 3.63) is 36.0 Å². The van der Waals surface area contributed by atoms with E-state index >= 15 is 0 Å². The molecule has 3 heterocycles. The number of aromatic nitrogens is 1. The molecule has 4 rings (SSSR count). The maximum absolute atomic E-state index is 12.6. The van der Waals surface area contributed by atoms with Gasteiger partial charge in [0.05, 0.1) is 18.1 Å². The Labute approximate surface area is 159 Å². The van der Waals surface area contributed by atoms with Crippen LogP contribution < -0.4 is 5.32 Å². The van der Waals surface area contributed by atoms with Gasteiger partial charge >= 0.3 is 0 Å². The molecule has 2 aromatic rings. The van der Waals surface area contributed by atoms with Crippen LogP contribution in [0.3, 0.4) is 0 Å². The van der Waals surface area contributed by atoms with Gasteiger partial charge < -0.3 is 10.2 Å². The molecule has 2 saturated heterocycles. The molecule has 2 aliphatic rings. The Morgan fingerprint density at radius 1 is 1.33 bits per heavy atom. The standard InChI is InChI=1S/C21H25N5O/c1-15-6-7-19(18-5-2-9-23-21(15)18)24-16-8-11-25(13-16)14-20(27)26-10-3-4-17(26)12-22/h2,5-7,9,16-17,24H,3-4,8,10-11,13-14H2,1H3/t16-,17?/m0/s1. The fourth-order valence-electron chi connectivity index (χ4n) is 4.24. The number of nitriles is 1. The Morgan fingerprint density at radius 2 is 2.22 bits per heavy atom. The van der Waals surface area contributed by atoms with E-state index in [4.69, 9.17) is 0 Å². The Morgan fingerprint density at radius 3 is 3.07 bits per heavy atom. The molecule has 6 nitrogen and oxygen atoms in total. The normalized spacial score (nSPS) is 22.9. The molecule has 0 aliphatic carbocycles. The van der Waals surface area contributed by atoms with Crippen LogP contribution in [0, 0.1) is 18.3 Å². The average molecular weight is 363 g/mol. The van der Waals surface area contributed by atoms with E-state index in [0.717, 1.165) is 55.5 Å². The summed E-state index contributed by atoms with van der Waals surface area (Å²) in [7, 11) is 0. The lowest BCUT2D eigenvalue weighted by molar-refractivity contribution is -0.132. The zero-order chi connectivity index (χ0) is 18.8. The van der Waals surface area contributed by atoms with Crippen molar-refractivity contribution in [1.82, 2.24) is 14.8 Å². The molecule has 1 aromatic carbocycles. The first kappa shape index (κ1) is 17.7. The molecule has 2 atom stereocenters. The maximum Gasteiger partial charge on any atom is 0.237 e. The molecular weight excluding hydrogens is 338 g/mol. The van der Waals surface area contributed by atoms with Gasteiger partial charge in [-0.3, -0.25) is 14.7 Å². The summed E-state index contributed by atoms with van der Waals surface area (Å²) in [5, 5.41) is 14.0. The topological polar surface area (TPSA) is 72.3 Å². The van der Waals surface area contributed by atoms with Gasteiger partial charge in [-0.25, -0.2) is 0 Å². The Hall–Kier alpha value is -2.65. The zero-order valence-electron chi connectivity index (χ0n) is 15.7. The van der Waals surface area contributed by atoms with Crippen LogP contribution in [0.4, 0.5) is 5.69 Å². The smallest absolute Gasteiger partial charge is 0.237 e. The Kier molecular flexibility index (Phi) is 4.95. The number of fused-ring (bicyclic) bond motifs is 1. The van der Waals surface area contributed by atoms with E-state index in [1.807, 2.05) is 12.3 Å². The third kappa shape index (κ3) is 3.60. The number of carbonyl (C=O) groups excluding carboxylic acids is 1. The second-order valence-corrected chi connectivity index (χ2v) is 7.57. The second kappa shape index (κ2) is 7.53. The zero-order valence-corrected chi connectivity index (χ0v) is 15.7. The summed E-state index contributed by atoms with van der Waals surface area (Å²) in [5.41, 5.74) is 3.31. The summed E-state index contributed by atoms with van der Waals surface area (Å²) in [4.78, 5) is 21.0. The van der Waals surface area contributed by atoms with Crippen LogP contribution >= 0.6 is 0 Å². The summed E-state index contributed by atoms with van der Waals surface area (Å²) in [5.74, 6) is 0.0877. The van der Waals surface area contributed by atoms with Gasteiger partial charge in [-0.05, 0) is 49.9 Å². The van der Waals surface area contributed by atoms with Crippen molar-refractivity contribution < 1.29 is 4.79 Å². The van der Waals surface area contributed by atoms with Crippen molar-refractivity contribution >= 4 is 22.5 Å². The molecule has 1 aromatic heterocycles. The second-order valence-electron chi connectivity index (χ2n) is 7.57. The number of amides is 1. The number of rotatable bonds is 4. The van der Waals surface area contributed by atoms with E-state index < -0.39 is 0 Å². The third-order valence-corrected chi connectivity index (χ3v) is 5.68.